The van der Waals surface area contributed by atoms with E-state index >= 15 is 0 Å². The van der Waals surface area contributed by atoms with Gasteiger partial charge in [-0.05, 0) is 42.3 Å². The van der Waals surface area contributed by atoms with Crippen LogP contribution < -0.4 is 0 Å². The summed E-state index contributed by atoms with van der Waals surface area (Å²) in [4.78, 5) is 0. The molecule has 0 unspecified atom stereocenters. The van der Waals surface area contributed by atoms with Crippen LogP contribution in [-0.4, -0.2) is 56.3 Å². The summed E-state index contributed by atoms with van der Waals surface area (Å²) in [6.45, 7) is 0. The van der Waals surface area contributed by atoms with Gasteiger partial charge < -0.3 is 0 Å². The lowest BCUT2D eigenvalue weighted by molar-refractivity contribution is 0.661. The third-order valence-electron chi connectivity index (χ3n) is 2.21. The minimum atomic E-state index is -2.06. The van der Waals surface area contributed by atoms with Gasteiger partial charge in [0.2, 0.25) is 18.2 Å². The lowest BCUT2D eigenvalue weighted by atomic mass is 11.3. The van der Waals surface area contributed by atoms with Crippen LogP contribution in [0.5, 0.6) is 0 Å². The molecule has 1 heterocycles. The van der Waals surface area contributed by atoms with E-state index in [1.807, 2.05) is 56.3 Å². The number of hydrogen-bond donors (Lipinski definition) is 0. The number of hydrogen-bond acceptors (Lipinski definition) is 6. The highest BCUT2D eigenvalue weighted by molar-refractivity contribution is 9.44. The molecule has 6 nitrogen and oxygen atoms in total. The van der Waals surface area contributed by atoms with Gasteiger partial charge in [0.25, 0.3) is 0 Å². The highest BCUT2D eigenvalue weighted by Crippen LogP contribution is 2.86. The van der Waals surface area contributed by atoms with Gasteiger partial charge in [0.05, 0.1) is 0 Å². The van der Waals surface area contributed by atoms with Crippen LogP contribution in [0.4, 0.5) is 0 Å². The fourth-order valence-corrected chi connectivity index (χ4v) is 25.5. The van der Waals surface area contributed by atoms with Crippen molar-refractivity contribution in [2.45, 2.75) is 0 Å². The fraction of sp³-hybridized carbons (Fsp3) is 1.00. The first-order valence-electron chi connectivity index (χ1n) is 4.99. The van der Waals surface area contributed by atoms with E-state index in [0.29, 0.717) is 0 Å². The molecule has 12 heteroatoms. The van der Waals surface area contributed by atoms with E-state index in [2.05, 4.69) is 46.5 Å². The summed E-state index contributed by atoms with van der Waals surface area (Å²) in [7, 11) is 11.9. The smallest absolute Gasteiger partial charge is 0.213 e. The summed E-state index contributed by atoms with van der Waals surface area (Å²) in [6.07, 6.45) is 0. The van der Waals surface area contributed by atoms with Crippen LogP contribution in [0.25, 0.3) is 0 Å². The standard InChI is InChI=1S/C6H18Br3N6P3/c1-13(2)16(7)10-17(8,14(3)4)12-18(9,11-16)15(5)6/h1-6H3. The Morgan fingerprint density at radius 2 is 0.722 bits per heavy atom. The molecule has 1 aliphatic heterocycles. The van der Waals surface area contributed by atoms with Crippen molar-refractivity contribution >= 4 is 64.6 Å². The molecule has 0 saturated carbocycles. The first-order chi connectivity index (χ1) is 7.95. The molecule has 18 heavy (non-hydrogen) atoms. The van der Waals surface area contributed by atoms with E-state index in [-0.39, 0.29) is 0 Å². The molecule has 0 aliphatic carbocycles. The highest BCUT2D eigenvalue weighted by Gasteiger charge is 2.36. The van der Waals surface area contributed by atoms with Crippen molar-refractivity contribution in [2.75, 3.05) is 42.3 Å². The Hall–Kier alpha value is 2.01. The van der Waals surface area contributed by atoms with Gasteiger partial charge in [-0.25, -0.2) is 14.0 Å². The molecular formula is C6H18Br3N6P3. The van der Waals surface area contributed by atoms with Crippen LogP contribution in [0.2, 0.25) is 0 Å². The molecule has 0 amide bonds. The maximum atomic E-state index is 4.87. The SMILES string of the molecule is CN(C)P1(Br)=NP(Br)(N(C)C)=NP(Br)(N(C)C)=N1. The van der Waals surface area contributed by atoms with Crippen molar-refractivity contribution in [3.63, 3.8) is 0 Å². The van der Waals surface area contributed by atoms with Gasteiger partial charge in [0.1, 0.15) is 0 Å². The largest absolute Gasteiger partial charge is 0.250 e. The summed E-state index contributed by atoms with van der Waals surface area (Å²) in [5.74, 6) is 0. The molecule has 1 aliphatic rings. The van der Waals surface area contributed by atoms with E-state index in [4.69, 9.17) is 13.5 Å². The van der Waals surface area contributed by atoms with Gasteiger partial charge in [0.15, 0.2) is 0 Å². The van der Waals surface area contributed by atoms with Gasteiger partial charge >= 0.3 is 0 Å². The zero-order valence-electron chi connectivity index (χ0n) is 11.2. The molecule has 0 spiro atoms. The Labute approximate surface area is 134 Å². The van der Waals surface area contributed by atoms with Crippen LogP contribution >= 0.6 is 64.6 Å². The molecule has 0 atom stereocenters. The van der Waals surface area contributed by atoms with Gasteiger partial charge in [-0.15, -0.1) is 0 Å². The molecule has 0 bridgehead atoms. The topological polar surface area (TPSA) is 46.8 Å². The summed E-state index contributed by atoms with van der Waals surface area (Å²) in [6, 6.07) is -6.19. The molecule has 0 fully saturated rings. The van der Waals surface area contributed by atoms with Crippen molar-refractivity contribution in [3.8, 4) is 0 Å². The zero-order chi connectivity index (χ0) is 14.4. The Balaban J connectivity index is 3.66. The highest BCUT2D eigenvalue weighted by atomic mass is 79.9. The molecule has 0 saturated heterocycles. The van der Waals surface area contributed by atoms with Crippen molar-refractivity contribution in [1.29, 1.82) is 0 Å². The average Bonchev–Trinajstić information content (AvgIpc) is 2.14. The number of rotatable bonds is 3. The van der Waals surface area contributed by atoms with Crippen LogP contribution in [0.3, 0.4) is 0 Å². The summed E-state index contributed by atoms with van der Waals surface area (Å²) in [5, 5.41) is 0. The molecule has 108 valence electrons. The normalized spacial score (nSPS) is 40.7. The average molecular weight is 507 g/mol. The van der Waals surface area contributed by atoms with E-state index in [1.54, 1.807) is 0 Å². The molecular weight excluding hydrogens is 489 g/mol. The van der Waals surface area contributed by atoms with Gasteiger partial charge in [-0.1, -0.05) is 0 Å². The Kier molecular flexibility index (Phi) is 6.04. The third-order valence-corrected chi connectivity index (χ3v) is 24.1. The van der Waals surface area contributed by atoms with Crippen LogP contribution in [0, 0.1) is 0 Å². The molecule has 0 aromatic heterocycles. The molecule has 1 rings (SSSR count). The molecule has 0 N–H and O–H groups in total. The second-order valence-electron chi connectivity index (χ2n) is 4.30. The lowest BCUT2D eigenvalue weighted by Crippen LogP contribution is -2.11. The van der Waals surface area contributed by atoms with Gasteiger partial charge in [-0.3, -0.25) is 0 Å². The predicted molar refractivity (Wildman–Crippen MR) is 95.9 cm³/mol. The minimum Gasteiger partial charge on any atom is -0.250 e. The van der Waals surface area contributed by atoms with Crippen molar-refractivity contribution in [2.24, 2.45) is 13.5 Å². The summed E-state index contributed by atoms with van der Waals surface area (Å²) in [5.41, 5.74) is 0. The second kappa shape index (κ2) is 6.02. The molecule has 0 aromatic rings. The third kappa shape index (κ3) is 3.61. The van der Waals surface area contributed by atoms with Gasteiger partial charge in [0, 0.05) is 46.5 Å². The zero-order valence-corrected chi connectivity index (χ0v) is 18.6. The van der Waals surface area contributed by atoms with E-state index in [1.165, 1.54) is 0 Å². The van der Waals surface area contributed by atoms with Crippen LogP contribution in [-0.2, 0) is 0 Å². The Morgan fingerprint density at radius 3 is 0.833 bits per heavy atom. The van der Waals surface area contributed by atoms with Crippen LogP contribution in [0.1, 0.15) is 0 Å². The number of halogens is 3. The fourth-order valence-electron chi connectivity index (χ4n) is 0.968. The maximum Gasteiger partial charge on any atom is 0.213 e. The maximum absolute atomic E-state index is 4.87. The summed E-state index contributed by atoms with van der Waals surface area (Å²) >= 11 is 11.2. The monoisotopic (exact) mass is 504 g/mol. The minimum absolute atomic E-state index is 1.99. The van der Waals surface area contributed by atoms with Crippen molar-refractivity contribution in [1.82, 2.24) is 14.0 Å². The van der Waals surface area contributed by atoms with Crippen LogP contribution in [0.15, 0.2) is 13.5 Å². The number of nitrogens with zero attached hydrogens (tertiary/aromatic N) is 6. The van der Waals surface area contributed by atoms with Gasteiger partial charge in [-0.2, -0.15) is 13.5 Å². The Bertz CT molecular complexity index is 411. The Morgan fingerprint density at radius 1 is 0.556 bits per heavy atom. The first kappa shape index (κ1) is 18.1. The molecule has 0 radical (unpaired) electrons. The quantitative estimate of drug-likeness (QED) is 0.461. The van der Waals surface area contributed by atoms with E-state index in [0.717, 1.165) is 0 Å². The first-order valence-corrected chi connectivity index (χ1v) is 16.0. The molecule has 0 aromatic carbocycles. The second-order valence-corrected chi connectivity index (χ2v) is 20.4. The predicted octanol–water partition coefficient (Wildman–Crippen LogP) is 5.71. The summed E-state index contributed by atoms with van der Waals surface area (Å²) < 4.78 is 20.7. The lowest BCUT2D eigenvalue weighted by Gasteiger charge is -2.35. The van der Waals surface area contributed by atoms with E-state index in [9.17, 15) is 0 Å². The van der Waals surface area contributed by atoms with Crippen molar-refractivity contribution in [3.05, 3.63) is 0 Å². The van der Waals surface area contributed by atoms with Crippen molar-refractivity contribution < 1.29 is 0 Å². The van der Waals surface area contributed by atoms with E-state index < -0.39 is 18.2 Å².